The molecule has 0 bridgehead atoms. The fourth-order valence-electron chi connectivity index (χ4n) is 1.81. The molecule has 0 saturated carbocycles. The quantitative estimate of drug-likeness (QED) is 0.844. The third kappa shape index (κ3) is 3.43. The summed E-state index contributed by atoms with van der Waals surface area (Å²) in [5.74, 6) is 0.898. The molecule has 0 saturated heterocycles. The molecule has 0 unspecified atom stereocenters. The molecule has 3 nitrogen and oxygen atoms in total. The number of aromatic amines is 1. The number of hydrogen-bond donors (Lipinski definition) is 1. The highest BCUT2D eigenvalue weighted by Gasteiger charge is 2.12. The van der Waals surface area contributed by atoms with Gasteiger partial charge in [-0.3, -0.25) is 4.79 Å². The number of nitrogens with zero attached hydrogens (tertiary/aromatic N) is 1. The number of halogens is 3. The first kappa shape index (κ1) is 15.5. The van der Waals surface area contributed by atoms with Crippen molar-refractivity contribution in [1.82, 2.24) is 9.97 Å². The van der Waals surface area contributed by atoms with E-state index in [1.54, 1.807) is 18.2 Å². The van der Waals surface area contributed by atoms with Crippen LogP contribution in [0, 0.1) is 5.92 Å². The van der Waals surface area contributed by atoms with Gasteiger partial charge < -0.3 is 4.98 Å². The lowest BCUT2D eigenvalue weighted by Crippen LogP contribution is -2.15. The van der Waals surface area contributed by atoms with Crippen LogP contribution in [0.15, 0.2) is 27.5 Å². The summed E-state index contributed by atoms with van der Waals surface area (Å²) in [4.78, 5) is 19.2. The van der Waals surface area contributed by atoms with Crippen molar-refractivity contribution in [3.05, 3.63) is 48.8 Å². The van der Waals surface area contributed by atoms with Crippen molar-refractivity contribution in [2.75, 3.05) is 0 Å². The van der Waals surface area contributed by atoms with Crippen LogP contribution in [0.2, 0.25) is 10.0 Å². The van der Waals surface area contributed by atoms with Crippen molar-refractivity contribution in [1.29, 1.82) is 0 Å². The first-order valence-corrected chi connectivity index (χ1v) is 7.67. The molecule has 0 fully saturated rings. The Bertz CT molecular complexity index is 698. The van der Waals surface area contributed by atoms with Crippen molar-refractivity contribution in [3.63, 3.8) is 0 Å². The zero-order valence-corrected chi connectivity index (χ0v) is 14.1. The van der Waals surface area contributed by atoms with Crippen LogP contribution in [0.1, 0.15) is 19.5 Å². The van der Waals surface area contributed by atoms with E-state index in [4.69, 9.17) is 23.2 Å². The number of benzene rings is 1. The minimum absolute atomic E-state index is 0.197. The second-order valence-electron chi connectivity index (χ2n) is 4.90. The van der Waals surface area contributed by atoms with Crippen LogP contribution in [0.3, 0.4) is 0 Å². The van der Waals surface area contributed by atoms with E-state index in [-0.39, 0.29) is 5.56 Å². The Morgan fingerprint density at radius 3 is 2.60 bits per heavy atom. The fourth-order valence-corrected chi connectivity index (χ4v) is 2.46. The lowest BCUT2D eigenvalue weighted by atomic mass is 10.1. The molecule has 1 heterocycles. The van der Waals surface area contributed by atoms with Gasteiger partial charge in [0.2, 0.25) is 0 Å². The van der Waals surface area contributed by atoms with E-state index in [1.165, 1.54) is 0 Å². The molecule has 106 valence electrons. The van der Waals surface area contributed by atoms with Crippen LogP contribution in [0.25, 0.3) is 11.4 Å². The Morgan fingerprint density at radius 1 is 1.30 bits per heavy atom. The summed E-state index contributed by atoms with van der Waals surface area (Å²) in [6.45, 7) is 4.16. The van der Waals surface area contributed by atoms with Gasteiger partial charge in [0.05, 0.1) is 15.7 Å². The van der Waals surface area contributed by atoms with Crippen LogP contribution in [-0.2, 0) is 6.42 Å². The molecule has 0 spiro atoms. The molecule has 0 atom stereocenters. The third-order valence-electron chi connectivity index (χ3n) is 2.73. The van der Waals surface area contributed by atoms with Gasteiger partial charge >= 0.3 is 0 Å². The van der Waals surface area contributed by atoms with Crippen LogP contribution in [-0.4, -0.2) is 9.97 Å². The smallest absolute Gasteiger partial charge is 0.265 e. The third-order valence-corrected chi connectivity index (χ3v) is 4.28. The molecule has 20 heavy (non-hydrogen) atoms. The van der Waals surface area contributed by atoms with Gasteiger partial charge in [0.15, 0.2) is 0 Å². The fraction of sp³-hybridized carbons (Fsp3) is 0.286. The van der Waals surface area contributed by atoms with Gasteiger partial charge in [-0.05, 0) is 46.5 Å². The maximum Gasteiger partial charge on any atom is 0.265 e. The predicted octanol–water partition coefficient (Wildman–Crippen LogP) is 4.70. The standard InChI is InChI=1S/C14H13BrCl2N2O/c1-7(2)5-11-12(15)14(20)19-13(18-11)8-3-4-9(16)10(17)6-8/h3-4,6-7H,5H2,1-2H3,(H,18,19,20). The Balaban J connectivity index is 2.54. The van der Waals surface area contributed by atoms with Gasteiger partial charge in [0.1, 0.15) is 10.3 Å². The van der Waals surface area contributed by atoms with Crippen LogP contribution in [0.4, 0.5) is 0 Å². The average molecular weight is 376 g/mol. The van der Waals surface area contributed by atoms with Gasteiger partial charge in [-0.1, -0.05) is 37.0 Å². The largest absolute Gasteiger partial charge is 0.306 e. The van der Waals surface area contributed by atoms with Crippen LogP contribution < -0.4 is 5.56 Å². The van der Waals surface area contributed by atoms with Crippen LogP contribution in [0.5, 0.6) is 0 Å². The van der Waals surface area contributed by atoms with Crippen LogP contribution >= 0.6 is 39.1 Å². The van der Waals surface area contributed by atoms with E-state index < -0.39 is 0 Å². The zero-order chi connectivity index (χ0) is 14.9. The van der Waals surface area contributed by atoms with E-state index in [2.05, 4.69) is 39.7 Å². The van der Waals surface area contributed by atoms with Gasteiger partial charge in [-0.25, -0.2) is 4.98 Å². The Kier molecular flexibility index (Phi) is 4.89. The number of rotatable bonds is 3. The molecule has 1 aromatic carbocycles. The summed E-state index contributed by atoms with van der Waals surface area (Å²) >= 11 is 15.2. The number of aromatic nitrogens is 2. The Labute approximate surface area is 135 Å². The molecule has 0 radical (unpaired) electrons. The van der Waals surface area contributed by atoms with Crippen molar-refractivity contribution in [2.24, 2.45) is 5.92 Å². The normalized spacial score (nSPS) is 11.1. The Hall–Kier alpha value is -0.840. The van der Waals surface area contributed by atoms with Crippen molar-refractivity contribution >= 4 is 39.1 Å². The molecule has 2 rings (SSSR count). The van der Waals surface area contributed by atoms with Crippen molar-refractivity contribution in [3.8, 4) is 11.4 Å². The summed E-state index contributed by atoms with van der Waals surface area (Å²) in [6.07, 6.45) is 0.721. The van der Waals surface area contributed by atoms with Gasteiger partial charge in [0, 0.05) is 5.56 Å². The topological polar surface area (TPSA) is 45.8 Å². The second-order valence-corrected chi connectivity index (χ2v) is 6.51. The minimum Gasteiger partial charge on any atom is -0.306 e. The van der Waals surface area contributed by atoms with E-state index in [1.807, 2.05) is 0 Å². The summed E-state index contributed by atoms with van der Waals surface area (Å²) in [7, 11) is 0. The molecule has 0 aliphatic heterocycles. The van der Waals surface area contributed by atoms with E-state index in [9.17, 15) is 4.79 Å². The lowest BCUT2D eigenvalue weighted by molar-refractivity contribution is 0.631. The highest BCUT2D eigenvalue weighted by atomic mass is 79.9. The van der Waals surface area contributed by atoms with Gasteiger partial charge in [-0.2, -0.15) is 0 Å². The summed E-state index contributed by atoms with van der Waals surface area (Å²) < 4.78 is 0.481. The predicted molar refractivity (Wildman–Crippen MR) is 86.6 cm³/mol. The number of nitrogens with one attached hydrogen (secondary N) is 1. The second kappa shape index (κ2) is 6.29. The maximum absolute atomic E-state index is 12.0. The summed E-state index contributed by atoms with van der Waals surface area (Å²) in [6, 6.07) is 5.15. The number of hydrogen-bond acceptors (Lipinski definition) is 2. The molecule has 1 N–H and O–H groups in total. The highest BCUT2D eigenvalue weighted by molar-refractivity contribution is 9.10. The first-order chi connectivity index (χ1) is 9.38. The monoisotopic (exact) mass is 374 g/mol. The SMILES string of the molecule is CC(C)Cc1nc(-c2ccc(Cl)c(Cl)c2)[nH]c(=O)c1Br. The molecular weight excluding hydrogens is 363 g/mol. The van der Waals surface area contributed by atoms with Crippen molar-refractivity contribution in [2.45, 2.75) is 20.3 Å². The summed E-state index contributed by atoms with van der Waals surface area (Å²) in [5.41, 5.74) is 1.27. The van der Waals surface area contributed by atoms with Gasteiger partial charge in [-0.15, -0.1) is 0 Å². The first-order valence-electron chi connectivity index (χ1n) is 6.12. The average Bonchev–Trinajstić information content (AvgIpc) is 2.37. The molecule has 0 aliphatic carbocycles. The Morgan fingerprint density at radius 2 is 2.00 bits per heavy atom. The molecule has 6 heteroatoms. The molecule has 0 aliphatic rings. The van der Waals surface area contributed by atoms with E-state index in [0.29, 0.717) is 26.3 Å². The molecule has 2 aromatic rings. The zero-order valence-electron chi connectivity index (χ0n) is 11.0. The van der Waals surface area contributed by atoms with Crippen molar-refractivity contribution < 1.29 is 0 Å². The number of H-pyrrole nitrogens is 1. The van der Waals surface area contributed by atoms with E-state index >= 15 is 0 Å². The molecule has 1 aromatic heterocycles. The van der Waals surface area contributed by atoms with E-state index in [0.717, 1.165) is 17.7 Å². The lowest BCUT2D eigenvalue weighted by Gasteiger charge is -2.09. The minimum atomic E-state index is -0.197. The molecule has 0 amide bonds. The van der Waals surface area contributed by atoms with Gasteiger partial charge in [0.25, 0.3) is 5.56 Å². The highest BCUT2D eigenvalue weighted by Crippen LogP contribution is 2.27. The molecular formula is C14H13BrCl2N2O. The summed E-state index contributed by atoms with van der Waals surface area (Å²) in [5, 5.41) is 0.900. The maximum atomic E-state index is 12.0.